The van der Waals surface area contributed by atoms with Crippen molar-refractivity contribution >= 4 is 17.7 Å². The smallest absolute Gasteiger partial charge is 0.321 e. The number of thioether (sulfide) groups is 1. The fraction of sp³-hybridized carbons (Fsp3) is 0.538. The number of aliphatic carboxylic acids is 1. The molecule has 0 radical (unpaired) electrons. The van der Waals surface area contributed by atoms with Gasteiger partial charge in [-0.1, -0.05) is 107 Å². The number of unbranched alkanes of at least 4 members (excludes halogenated alkanes) is 9. The molecule has 170 valence electrons. The first-order chi connectivity index (χ1) is 15.2. The average molecular weight is 443 g/mol. The number of benzene rings is 1. The Kier molecular flexibility index (Phi) is 12.1. The van der Waals surface area contributed by atoms with Crippen LogP contribution in [-0.4, -0.2) is 20.6 Å². The van der Waals surface area contributed by atoms with Crippen molar-refractivity contribution in [2.24, 2.45) is 0 Å². The number of aryl methyl sites for hydroxylation is 1. The number of allylic oxidation sites excluding steroid dienone is 1. The molecule has 1 aromatic heterocycles. The predicted molar refractivity (Wildman–Crippen MR) is 131 cm³/mol. The summed E-state index contributed by atoms with van der Waals surface area (Å²) < 4.78 is 1.93. The van der Waals surface area contributed by atoms with Gasteiger partial charge in [-0.15, -0.1) is 6.58 Å². The maximum absolute atomic E-state index is 12.1. The highest BCUT2D eigenvalue weighted by molar-refractivity contribution is 8.00. The molecule has 0 fully saturated rings. The van der Waals surface area contributed by atoms with Crippen molar-refractivity contribution in [2.75, 3.05) is 0 Å². The van der Waals surface area contributed by atoms with E-state index in [0.29, 0.717) is 11.7 Å². The van der Waals surface area contributed by atoms with Gasteiger partial charge in [-0.25, -0.2) is 4.98 Å². The maximum atomic E-state index is 12.1. The summed E-state index contributed by atoms with van der Waals surface area (Å²) in [6, 6.07) is 7.98. The van der Waals surface area contributed by atoms with Crippen LogP contribution in [0, 0.1) is 0 Å². The van der Waals surface area contributed by atoms with E-state index in [1.54, 1.807) is 12.3 Å². The van der Waals surface area contributed by atoms with Crippen LogP contribution in [0.1, 0.15) is 87.5 Å². The van der Waals surface area contributed by atoms with Crippen LogP contribution in [0.4, 0.5) is 0 Å². The Morgan fingerprint density at radius 3 is 2.39 bits per heavy atom. The van der Waals surface area contributed by atoms with Crippen molar-refractivity contribution in [3.05, 3.63) is 60.4 Å². The first-order valence-corrected chi connectivity index (χ1v) is 12.6. The van der Waals surface area contributed by atoms with Gasteiger partial charge < -0.3 is 9.67 Å². The van der Waals surface area contributed by atoms with Crippen LogP contribution in [-0.2, 0) is 17.8 Å². The summed E-state index contributed by atoms with van der Waals surface area (Å²) in [6.45, 7) is 6.64. The van der Waals surface area contributed by atoms with E-state index in [-0.39, 0.29) is 0 Å². The lowest BCUT2D eigenvalue weighted by Gasteiger charge is -2.17. The van der Waals surface area contributed by atoms with Crippen molar-refractivity contribution in [2.45, 2.75) is 94.5 Å². The number of imidazole rings is 1. The fourth-order valence-electron chi connectivity index (χ4n) is 3.86. The van der Waals surface area contributed by atoms with E-state index in [9.17, 15) is 9.90 Å². The number of carbonyl (C=O) groups is 1. The van der Waals surface area contributed by atoms with Gasteiger partial charge in [0.25, 0.3) is 0 Å². The van der Waals surface area contributed by atoms with Crippen molar-refractivity contribution < 1.29 is 9.90 Å². The van der Waals surface area contributed by atoms with Crippen LogP contribution >= 0.6 is 11.8 Å². The van der Waals surface area contributed by atoms with E-state index >= 15 is 0 Å². The summed E-state index contributed by atoms with van der Waals surface area (Å²) in [6.07, 6.45) is 19.3. The minimum Gasteiger partial charge on any atom is -0.480 e. The lowest BCUT2D eigenvalue weighted by atomic mass is 9.98. The molecule has 0 amide bonds. The molecule has 1 atom stereocenters. The second-order valence-electron chi connectivity index (χ2n) is 8.12. The van der Waals surface area contributed by atoms with Gasteiger partial charge in [-0.3, -0.25) is 4.79 Å². The van der Waals surface area contributed by atoms with E-state index in [4.69, 9.17) is 0 Å². The number of carboxylic acids is 1. The first kappa shape index (κ1) is 25.3. The molecule has 0 aliphatic carbocycles. The van der Waals surface area contributed by atoms with Crippen molar-refractivity contribution in [3.8, 4) is 0 Å². The summed E-state index contributed by atoms with van der Waals surface area (Å²) in [5.74, 6) is -0.825. The molecule has 0 aliphatic rings. The van der Waals surface area contributed by atoms with Gasteiger partial charge in [-0.05, 0) is 24.0 Å². The van der Waals surface area contributed by atoms with Crippen molar-refractivity contribution in [1.29, 1.82) is 0 Å². The molecule has 31 heavy (non-hydrogen) atoms. The quantitative estimate of drug-likeness (QED) is 0.157. The molecule has 0 bridgehead atoms. The molecule has 0 saturated heterocycles. The molecule has 1 N–H and O–H groups in total. The largest absolute Gasteiger partial charge is 0.480 e. The molecule has 1 heterocycles. The van der Waals surface area contributed by atoms with Crippen LogP contribution in [0.2, 0.25) is 0 Å². The first-order valence-electron chi connectivity index (χ1n) is 11.8. The average Bonchev–Trinajstić information content (AvgIpc) is 3.20. The van der Waals surface area contributed by atoms with E-state index in [2.05, 4.69) is 24.6 Å². The SMILES string of the molecule is C=CCn1ccnc1SC(C(=O)O)c1ccccc1CCCCCCCCCCCC. The van der Waals surface area contributed by atoms with Crippen LogP contribution in [0.25, 0.3) is 0 Å². The second-order valence-corrected chi connectivity index (χ2v) is 9.19. The van der Waals surface area contributed by atoms with Gasteiger partial charge in [0.1, 0.15) is 5.25 Å². The number of carboxylic acid groups (broad SMARTS) is 1. The zero-order chi connectivity index (χ0) is 22.3. The molecule has 2 rings (SSSR count). The minimum atomic E-state index is -0.825. The van der Waals surface area contributed by atoms with Crippen LogP contribution in [0.3, 0.4) is 0 Å². The Morgan fingerprint density at radius 1 is 1.10 bits per heavy atom. The van der Waals surface area contributed by atoms with Gasteiger partial charge in [-0.2, -0.15) is 0 Å². The van der Waals surface area contributed by atoms with Gasteiger partial charge in [0.05, 0.1) is 0 Å². The third-order valence-corrected chi connectivity index (χ3v) is 6.83. The molecule has 0 spiro atoms. The molecule has 4 nitrogen and oxygen atoms in total. The summed E-state index contributed by atoms with van der Waals surface area (Å²) in [5.41, 5.74) is 2.04. The third kappa shape index (κ3) is 8.94. The van der Waals surface area contributed by atoms with E-state index in [1.165, 1.54) is 69.5 Å². The van der Waals surface area contributed by atoms with Crippen molar-refractivity contribution in [1.82, 2.24) is 9.55 Å². The van der Waals surface area contributed by atoms with Crippen LogP contribution in [0.15, 0.2) is 54.5 Å². The van der Waals surface area contributed by atoms with Crippen molar-refractivity contribution in [3.63, 3.8) is 0 Å². The molecule has 1 unspecified atom stereocenters. The number of rotatable bonds is 17. The lowest BCUT2D eigenvalue weighted by Crippen LogP contribution is -2.12. The zero-order valence-electron chi connectivity index (χ0n) is 19.0. The molecule has 0 aliphatic heterocycles. The van der Waals surface area contributed by atoms with E-state index in [1.807, 2.05) is 29.0 Å². The Hall–Kier alpha value is -2.01. The molecule has 0 saturated carbocycles. The maximum Gasteiger partial charge on any atom is 0.321 e. The highest BCUT2D eigenvalue weighted by atomic mass is 32.2. The normalized spacial score (nSPS) is 12.0. The Morgan fingerprint density at radius 2 is 1.74 bits per heavy atom. The molecular formula is C26H38N2O2S. The topological polar surface area (TPSA) is 55.1 Å². The summed E-state index contributed by atoms with van der Waals surface area (Å²) >= 11 is 1.30. The Labute approximate surface area is 192 Å². The summed E-state index contributed by atoms with van der Waals surface area (Å²) in [4.78, 5) is 16.5. The molecule has 5 heteroatoms. The number of aromatic nitrogens is 2. The zero-order valence-corrected chi connectivity index (χ0v) is 19.8. The van der Waals surface area contributed by atoms with Crippen LogP contribution in [0.5, 0.6) is 0 Å². The Balaban J connectivity index is 1.87. The number of hydrogen-bond acceptors (Lipinski definition) is 3. The van der Waals surface area contributed by atoms with Gasteiger partial charge >= 0.3 is 5.97 Å². The lowest BCUT2D eigenvalue weighted by molar-refractivity contribution is -0.136. The molecular weight excluding hydrogens is 404 g/mol. The number of nitrogens with zero attached hydrogens (tertiary/aromatic N) is 2. The predicted octanol–water partition coefficient (Wildman–Crippen LogP) is 7.45. The van der Waals surface area contributed by atoms with Gasteiger partial charge in [0.2, 0.25) is 0 Å². The van der Waals surface area contributed by atoms with E-state index in [0.717, 1.165) is 24.0 Å². The highest BCUT2D eigenvalue weighted by Crippen LogP contribution is 2.36. The van der Waals surface area contributed by atoms with Crippen LogP contribution < -0.4 is 0 Å². The van der Waals surface area contributed by atoms with Gasteiger partial charge in [0.15, 0.2) is 5.16 Å². The number of hydrogen-bond donors (Lipinski definition) is 1. The second kappa shape index (κ2) is 14.9. The third-order valence-electron chi connectivity index (χ3n) is 5.59. The Bertz CT molecular complexity index is 787. The molecule has 1 aromatic carbocycles. The summed E-state index contributed by atoms with van der Waals surface area (Å²) in [7, 11) is 0. The van der Waals surface area contributed by atoms with Gasteiger partial charge in [0, 0.05) is 18.9 Å². The summed E-state index contributed by atoms with van der Waals surface area (Å²) in [5, 5.41) is 9.99. The van der Waals surface area contributed by atoms with E-state index < -0.39 is 11.2 Å². The highest BCUT2D eigenvalue weighted by Gasteiger charge is 2.25. The monoisotopic (exact) mass is 442 g/mol. The fourth-order valence-corrected chi connectivity index (χ4v) is 4.93. The minimum absolute atomic E-state index is 0.620. The molecule has 2 aromatic rings. The standard InChI is InChI=1S/C26H38N2O2S/c1-3-5-6-7-8-9-10-11-12-13-16-22-17-14-15-18-23(22)24(25(29)30)31-26-27-19-21-28(26)20-4-2/h4,14-15,17-19,21,24H,2-3,5-13,16,20H2,1H3,(H,29,30).